The molecule has 0 spiro atoms. The number of anilines is 3. The molecule has 2 rings (SSSR count). The van der Waals surface area contributed by atoms with Crippen LogP contribution in [0.3, 0.4) is 0 Å². The van der Waals surface area contributed by atoms with Gasteiger partial charge in [-0.05, 0) is 30.3 Å². The van der Waals surface area contributed by atoms with Crippen LogP contribution in [0, 0.1) is 5.82 Å². The van der Waals surface area contributed by atoms with Gasteiger partial charge in [-0.3, -0.25) is 4.98 Å². The molecule has 0 amide bonds. The maximum absolute atomic E-state index is 12.6. The molecule has 2 aromatic rings. The Morgan fingerprint density at radius 1 is 1.13 bits per heavy atom. The Morgan fingerprint density at radius 2 is 1.87 bits per heavy atom. The monoisotopic (exact) mass is 203 g/mol. The van der Waals surface area contributed by atoms with Gasteiger partial charge in [0.25, 0.3) is 0 Å². The molecule has 15 heavy (non-hydrogen) atoms. The number of halogens is 1. The van der Waals surface area contributed by atoms with Crippen LogP contribution in [0.15, 0.2) is 42.7 Å². The Labute approximate surface area is 86.8 Å². The molecule has 76 valence electrons. The summed E-state index contributed by atoms with van der Waals surface area (Å²) in [6.07, 6.45) is 3.20. The maximum Gasteiger partial charge on any atom is 0.123 e. The van der Waals surface area contributed by atoms with Crippen LogP contribution in [0.5, 0.6) is 0 Å². The first kappa shape index (κ1) is 9.45. The number of nitrogens with zero attached hydrogens (tertiary/aromatic N) is 1. The Hall–Kier alpha value is -2.10. The Morgan fingerprint density at radius 3 is 2.53 bits per heavy atom. The number of rotatable bonds is 2. The maximum atomic E-state index is 12.6. The minimum Gasteiger partial charge on any atom is -0.396 e. The van der Waals surface area contributed by atoms with Crippen molar-refractivity contribution in [2.45, 2.75) is 0 Å². The molecule has 1 aromatic heterocycles. The zero-order valence-electron chi connectivity index (χ0n) is 7.94. The highest BCUT2D eigenvalue weighted by molar-refractivity contribution is 5.71. The molecule has 3 nitrogen and oxygen atoms in total. The van der Waals surface area contributed by atoms with Gasteiger partial charge in [-0.15, -0.1) is 0 Å². The van der Waals surface area contributed by atoms with Crippen molar-refractivity contribution in [3.8, 4) is 0 Å². The van der Waals surface area contributed by atoms with Gasteiger partial charge in [0, 0.05) is 11.9 Å². The topological polar surface area (TPSA) is 50.9 Å². The van der Waals surface area contributed by atoms with E-state index >= 15 is 0 Å². The molecule has 3 N–H and O–H groups in total. The smallest absolute Gasteiger partial charge is 0.123 e. The lowest BCUT2D eigenvalue weighted by Crippen LogP contribution is -1.96. The summed E-state index contributed by atoms with van der Waals surface area (Å²) in [6, 6.07) is 7.84. The molecule has 0 saturated carbocycles. The predicted octanol–water partition coefficient (Wildman–Crippen LogP) is 2.55. The predicted molar refractivity (Wildman–Crippen MR) is 58.3 cm³/mol. The number of aromatic nitrogens is 1. The molecule has 0 aliphatic carbocycles. The van der Waals surface area contributed by atoms with Crippen molar-refractivity contribution in [2.75, 3.05) is 11.1 Å². The molecule has 4 heteroatoms. The summed E-state index contributed by atoms with van der Waals surface area (Å²) >= 11 is 0. The molecule has 0 aliphatic heterocycles. The molecule has 0 radical (unpaired) electrons. The van der Waals surface area contributed by atoms with Gasteiger partial charge in [0.15, 0.2) is 0 Å². The molecule has 0 saturated heterocycles. The van der Waals surface area contributed by atoms with Crippen molar-refractivity contribution in [3.05, 3.63) is 48.5 Å². The van der Waals surface area contributed by atoms with Gasteiger partial charge < -0.3 is 11.1 Å². The summed E-state index contributed by atoms with van der Waals surface area (Å²) in [5.41, 5.74) is 7.80. The lowest BCUT2D eigenvalue weighted by molar-refractivity contribution is 0.628. The van der Waals surface area contributed by atoms with Crippen molar-refractivity contribution in [3.63, 3.8) is 0 Å². The van der Waals surface area contributed by atoms with Gasteiger partial charge in [-0.1, -0.05) is 0 Å². The fourth-order valence-corrected chi connectivity index (χ4v) is 1.21. The van der Waals surface area contributed by atoms with Crippen molar-refractivity contribution in [1.29, 1.82) is 0 Å². The van der Waals surface area contributed by atoms with Crippen LogP contribution in [0.25, 0.3) is 0 Å². The van der Waals surface area contributed by atoms with E-state index in [1.54, 1.807) is 30.6 Å². The summed E-state index contributed by atoms with van der Waals surface area (Å²) in [5, 5.41) is 3.07. The van der Waals surface area contributed by atoms with Gasteiger partial charge in [-0.2, -0.15) is 0 Å². The van der Waals surface area contributed by atoms with E-state index in [0.29, 0.717) is 5.69 Å². The lowest BCUT2D eigenvalue weighted by Gasteiger charge is -2.07. The second kappa shape index (κ2) is 3.96. The summed E-state index contributed by atoms with van der Waals surface area (Å²) in [6.45, 7) is 0. The van der Waals surface area contributed by atoms with Gasteiger partial charge in [0.2, 0.25) is 0 Å². The number of benzene rings is 1. The Balaban J connectivity index is 2.22. The standard InChI is InChI=1S/C11H10FN3/c12-8-1-3-9(4-2-8)15-11-5-6-14-7-10(11)13/h1-7H,13H2,(H,14,15). The largest absolute Gasteiger partial charge is 0.396 e. The van der Waals surface area contributed by atoms with Crippen LogP contribution in [0.2, 0.25) is 0 Å². The highest BCUT2D eigenvalue weighted by Gasteiger charge is 1.98. The molecular weight excluding hydrogens is 193 g/mol. The van der Waals surface area contributed by atoms with Gasteiger partial charge in [0.1, 0.15) is 5.82 Å². The third-order valence-electron chi connectivity index (χ3n) is 1.98. The van der Waals surface area contributed by atoms with E-state index in [9.17, 15) is 4.39 Å². The first-order valence-electron chi connectivity index (χ1n) is 4.48. The van der Waals surface area contributed by atoms with Gasteiger partial charge in [-0.25, -0.2) is 4.39 Å². The summed E-state index contributed by atoms with van der Waals surface area (Å²) in [5.74, 6) is -0.261. The van der Waals surface area contributed by atoms with Crippen LogP contribution < -0.4 is 11.1 Å². The molecule has 0 unspecified atom stereocenters. The van der Waals surface area contributed by atoms with Gasteiger partial charge >= 0.3 is 0 Å². The minimum atomic E-state index is -0.261. The number of hydrogen-bond donors (Lipinski definition) is 2. The fraction of sp³-hybridized carbons (Fsp3) is 0. The quantitative estimate of drug-likeness (QED) is 0.788. The Bertz CT molecular complexity index is 454. The number of hydrogen-bond acceptors (Lipinski definition) is 3. The summed E-state index contributed by atoms with van der Waals surface area (Å²) in [7, 11) is 0. The second-order valence-corrected chi connectivity index (χ2v) is 3.09. The summed E-state index contributed by atoms with van der Waals surface area (Å²) in [4.78, 5) is 3.88. The van der Waals surface area contributed by atoms with E-state index in [2.05, 4.69) is 10.3 Å². The fourth-order valence-electron chi connectivity index (χ4n) is 1.21. The van der Waals surface area contributed by atoms with E-state index in [0.717, 1.165) is 11.4 Å². The zero-order chi connectivity index (χ0) is 10.7. The van der Waals surface area contributed by atoms with Gasteiger partial charge in [0.05, 0.1) is 17.6 Å². The first-order valence-corrected chi connectivity index (χ1v) is 4.48. The average Bonchev–Trinajstić information content (AvgIpc) is 2.25. The van der Waals surface area contributed by atoms with Crippen LogP contribution in [0.1, 0.15) is 0 Å². The van der Waals surface area contributed by atoms with Crippen molar-refractivity contribution >= 4 is 17.1 Å². The minimum absolute atomic E-state index is 0.261. The molecule has 0 atom stereocenters. The number of nitrogen functional groups attached to an aromatic ring is 1. The second-order valence-electron chi connectivity index (χ2n) is 3.09. The van der Waals surface area contributed by atoms with Crippen LogP contribution in [-0.2, 0) is 0 Å². The molecule has 1 heterocycles. The van der Waals surface area contributed by atoms with E-state index in [1.807, 2.05) is 0 Å². The zero-order valence-corrected chi connectivity index (χ0v) is 7.94. The van der Waals surface area contributed by atoms with E-state index < -0.39 is 0 Å². The van der Waals surface area contributed by atoms with E-state index in [-0.39, 0.29) is 5.82 Å². The van der Waals surface area contributed by atoms with Crippen molar-refractivity contribution < 1.29 is 4.39 Å². The van der Waals surface area contributed by atoms with Crippen LogP contribution >= 0.6 is 0 Å². The van der Waals surface area contributed by atoms with Crippen LogP contribution in [0.4, 0.5) is 21.5 Å². The molecule has 0 fully saturated rings. The SMILES string of the molecule is Nc1cnccc1Nc1ccc(F)cc1. The third kappa shape index (κ3) is 2.22. The highest BCUT2D eigenvalue weighted by Crippen LogP contribution is 2.21. The molecule has 0 aliphatic rings. The third-order valence-corrected chi connectivity index (χ3v) is 1.98. The number of nitrogens with two attached hydrogens (primary N) is 1. The lowest BCUT2D eigenvalue weighted by atomic mass is 10.3. The average molecular weight is 203 g/mol. The number of nitrogens with one attached hydrogen (secondary N) is 1. The normalized spacial score (nSPS) is 9.93. The number of pyridine rings is 1. The molecule has 1 aromatic carbocycles. The van der Waals surface area contributed by atoms with E-state index in [4.69, 9.17) is 5.73 Å². The molecule has 0 bridgehead atoms. The van der Waals surface area contributed by atoms with Crippen LogP contribution in [-0.4, -0.2) is 4.98 Å². The highest BCUT2D eigenvalue weighted by atomic mass is 19.1. The van der Waals surface area contributed by atoms with E-state index in [1.165, 1.54) is 12.1 Å². The van der Waals surface area contributed by atoms with Crippen molar-refractivity contribution in [1.82, 2.24) is 4.98 Å². The first-order chi connectivity index (χ1) is 7.25. The molecular formula is C11H10FN3. The van der Waals surface area contributed by atoms with Crippen molar-refractivity contribution in [2.24, 2.45) is 0 Å². The summed E-state index contributed by atoms with van der Waals surface area (Å²) < 4.78 is 12.6. The Kier molecular flexibility index (Phi) is 2.49.